The minimum absolute atomic E-state index is 0.0910. The van der Waals surface area contributed by atoms with Gasteiger partial charge in [0.2, 0.25) is 0 Å². The molecular formula is C44H88N2O4. The van der Waals surface area contributed by atoms with Crippen LogP contribution in [0, 0.1) is 5.92 Å². The largest absolute Gasteiger partial charge is 0.466 e. The maximum absolute atomic E-state index is 13.0. The van der Waals surface area contributed by atoms with Crippen molar-refractivity contribution in [2.75, 3.05) is 53.5 Å². The van der Waals surface area contributed by atoms with Crippen LogP contribution in [0.4, 0.5) is 0 Å². The molecule has 0 fully saturated rings. The highest BCUT2D eigenvalue weighted by atomic mass is 16.5. The van der Waals surface area contributed by atoms with E-state index in [0.29, 0.717) is 13.2 Å². The maximum Gasteiger partial charge on any atom is 0.308 e. The van der Waals surface area contributed by atoms with Crippen LogP contribution in [0.3, 0.4) is 0 Å². The molecule has 0 aromatic rings. The fourth-order valence-electron chi connectivity index (χ4n) is 6.90. The topological polar surface area (TPSA) is 59.1 Å². The molecule has 0 spiro atoms. The summed E-state index contributed by atoms with van der Waals surface area (Å²) >= 11 is 0. The van der Waals surface area contributed by atoms with Gasteiger partial charge in [0.05, 0.1) is 19.1 Å². The minimum Gasteiger partial charge on any atom is -0.466 e. The summed E-state index contributed by atoms with van der Waals surface area (Å²) in [4.78, 5) is 28.8. The van der Waals surface area contributed by atoms with Crippen molar-refractivity contribution < 1.29 is 19.1 Å². The van der Waals surface area contributed by atoms with E-state index in [1.807, 2.05) is 0 Å². The third kappa shape index (κ3) is 36.6. The molecule has 0 aliphatic rings. The molecule has 1 atom stereocenters. The van der Waals surface area contributed by atoms with Gasteiger partial charge in [-0.1, -0.05) is 168 Å². The van der Waals surface area contributed by atoms with Crippen molar-refractivity contribution in [2.24, 2.45) is 5.92 Å². The van der Waals surface area contributed by atoms with E-state index >= 15 is 0 Å². The van der Waals surface area contributed by atoms with Crippen molar-refractivity contribution in [3.8, 4) is 0 Å². The van der Waals surface area contributed by atoms with Gasteiger partial charge in [-0.05, 0) is 65.7 Å². The Morgan fingerprint density at radius 3 is 1.20 bits per heavy atom. The summed E-state index contributed by atoms with van der Waals surface area (Å²) in [5.74, 6) is 0.0452. The summed E-state index contributed by atoms with van der Waals surface area (Å²) in [6, 6.07) is 0. The standard InChI is InChI=1S/C44H88N2O4/c1-6-8-10-12-14-17-23-29-35-43(34-28-22-13-11-9-7-2)44(48)50-41-33-27-21-16-19-25-31-37-46(39-38-45(4)5)36-30-24-18-15-20-26-32-40-49-42(3)47/h43H,6-41H2,1-5H3. The lowest BCUT2D eigenvalue weighted by molar-refractivity contribution is -0.149. The van der Waals surface area contributed by atoms with E-state index in [9.17, 15) is 9.59 Å². The fraction of sp³-hybridized carbons (Fsp3) is 0.955. The van der Waals surface area contributed by atoms with Crippen molar-refractivity contribution in [1.29, 1.82) is 0 Å². The summed E-state index contributed by atoms with van der Waals surface area (Å²) in [5, 5.41) is 0. The van der Waals surface area contributed by atoms with Crippen LogP contribution in [0.5, 0.6) is 0 Å². The van der Waals surface area contributed by atoms with E-state index in [1.54, 1.807) is 0 Å². The summed E-state index contributed by atoms with van der Waals surface area (Å²) in [7, 11) is 4.35. The van der Waals surface area contributed by atoms with Crippen LogP contribution in [0.15, 0.2) is 0 Å². The molecule has 0 saturated carbocycles. The lowest BCUT2D eigenvalue weighted by Gasteiger charge is -2.24. The zero-order chi connectivity index (χ0) is 36.8. The highest BCUT2D eigenvalue weighted by Crippen LogP contribution is 2.21. The zero-order valence-corrected chi connectivity index (χ0v) is 34.6. The van der Waals surface area contributed by atoms with E-state index in [1.165, 1.54) is 187 Å². The normalized spacial score (nSPS) is 12.2. The number of rotatable bonds is 40. The third-order valence-corrected chi connectivity index (χ3v) is 10.3. The van der Waals surface area contributed by atoms with Gasteiger partial charge in [0, 0.05) is 20.0 Å². The van der Waals surface area contributed by atoms with Crippen LogP contribution < -0.4 is 0 Å². The van der Waals surface area contributed by atoms with E-state index in [4.69, 9.17) is 9.47 Å². The van der Waals surface area contributed by atoms with Crippen molar-refractivity contribution in [3.05, 3.63) is 0 Å². The van der Waals surface area contributed by atoms with Gasteiger partial charge in [-0.3, -0.25) is 9.59 Å². The monoisotopic (exact) mass is 709 g/mol. The van der Waals surface area contributed by atoms with Gasteiger partial charge >= 0.3 is 11.9 Å². The predicted molar refractivity (Wildman–Crippen MR) is 216 cm³/mol. The molecule has 6 nitrogen and oxygen atoms in total. The molecule has 0 aromatic heterocycles. The highest BCUT2D eigenvalue weighted by molar-refractivity contribution is 5.72. The molecule has 0 radical (unpaired) electrons. The van der Waals surface area contributed by atoms with Crippen molar-refractivity contribution in [2.45, 2.75) is 213 Å². The molecular weight excluding hydrogens is 620 g/mol. The number of hydrogen-bond acceptors (Lipinski definition) is 6. The number of carbonyl (C=O) groups is 2. The summed E-state index contributed by atoms with van der Waals surface area (Å²) in [6.45, 7) is 12.0. The Labute approximate surface area is 313 Å². The van der Waals surface area contributed by atoms with Crippen molar-refractivity contribution in [1.82, 2.24) is 9.80 Å². The Hall–Kier alpha value is -1.14. The number of unbranched alkanes of at least 4 members (excludes halogenated alkanes) is 24. The second kappa shape index (κ2) is 39.1. The summed E-state index contributed by atoms with van der Waals surface area (Å²) < 4.78 is 10.9. The lowest BCUT2D eigenvalue weighted by Crippen LogP contribution is -2.33. The van der Waals surface area contributed by atoms with Gasteiger partial charge in [0.1, 0.15) is 0 Å². The number of esters is 2. The molecule has 6 heteroatoms. The second-order valence-electron chi connectivity index (χ2n) is 15.6. The lowest BCUT2D eigenvalue weighted by atomic mass is 9.94. The third-order valence-electron chi connectivity index (χ3n) is 10.3. The first-order valence-corrected chi connectivity index (χ1v) is 22.1. The number of hydrogen-bond donors (Lipinski definition) is 0. The molecule has 0 aliphatic heterocycles. The average Bonchev–Trinajstić information content (AvgIpc) is 3.09. The molecule has 0 rings (SSSR count). The van der Waals surface area contributed by atoms with Gasteiger partial charge in [-0.2, -0.15) is 0 Å². The van der Waals surface area contributed by atoms with Crippen molar-refractivity contribution in [3.63, 3.8) is 0 Å². The maximum atomic E-state index is 13.0. The number of nitrogens with zero attached hydrogens (tertiary/aromatic N) is 2. The number of ether oxygens (including phenoxy) is 2. The molecule has 0 amide bonds. The van der Waals surface area contributed by atoms with Gasteiger partial charge in [0.15, 0.2) is 0 Å². The molecule has 0 aromatic carbocycles. The van der Waals surface area contributed by atoms with Crippen molar-refractivity contribution >= 4 is 11.9 Å². The molecule has 0 N–H and O–H groups in total. The Morgan fingerprint density at radius 2 is 0.800 bits per heavy atom. The molecule has 0 aliphatic carbocycles. The molecule has 1 unspecified atom stereocenters. The number of likely N-dealkylation sites (N-methyl/N-ethyl adjacent to an activating group) is 1. The van der Waals surface area contributed by atoms with E-state index in [-0.39, 0.29) is 17.9 Å². The first-order valence-electron chi connectivity index (χ1n) is 22.1. The Balaban J connectivity index is 4.08. The van der Waals surface area contributed by atoms with Crippen LogP contribution in [-0.4, -0.2) is 75.2 Å². The summed E-state index contributed by atoms with van der Waals surface area (Å²) in [6.07, 6.45) is 37.6. The van der Waals surface area contributed by atoms with Crippen LogP contribution in [0.1, 0.15) is 213 Å². The van der Waals surface area contributed by atoms with E-state index < -0.39 is 0 Å². The van der Waals surface area contributed by atoms with Gasteiger partial charge in [-0.25, -0.2) is 0 Å². The zero-order valence-electron chi connectivity index (χ0n) is 34.6. The van der Waals surface area contributed by atoms with Gasteiger partial charge in [-0.15, -0.1) is 0 Å². The SMILES string of the molecule is CCCCCCCCCCC(CCCCCCCC)C(=O)OCCCCCCCCCN(CCCCCCCCCOC(C)=O)CCN(C)C. The van der Waals surface area contributed by atoms with Gasteiger partial charge in [0.25, 0.3) is 0 Å². The quantitative estimate of drug-likeness (QED) is 0.0466. The first kappa shape index (κ1) is 48.9. The number of carbonyl (C=O) groups excluding carboxylic acids is 2. The average molecular weight is 709 g/mol. The summed E-state index contributed by atoms with van der Waals surface area (Å²) in [5.41, 5.74) is 0. The first-order chi connectivity index (χ1) is 24.4. The smallest absolute Gasteiger partial charge is 0.308 e. The molecule has 50 heavy (non-hydrogen) atoms. The Bertz CT molecular complexity index is 716. The Morgan fingerprint density at radius 1 is 0.440 bits per heavy atom. The highest BCUT2D eigenvalue weighted by Gasteiger charge is 2.19. The predicted octanol–water partition coefficient (Wildman–Crippen LogP) is 12.3. The molecule has 0 bridgehead atoms. The Kier molecular flexibility index (Phi) is 38.2. The van der Waals surface area contributed by atoms with Crippen LogP contribution >= 0.6 is 0 Å². The van der Waals surface area contributed by atoms with E-state index in [0.717, 1.165) is 38.6 Å². The molecule has 298 valence electrons. The fourth-order valence-corrected chi connectivity index (χ4v) is 6.90. The molecule has 0 saturated heterocycles. The van der Waals surface area contributed by atoms with Crippen LogP contribution in [-0.2, 0) is 19.1 Å². The minimum atomic E-state index is -0.166. The van der Waals surface area contributed by atoms with Gasteiger partial charge < -0.3 is 19.3 Å². The van der Waals surface area contributed by atoms with Crippen LogP contribution in [0.25, 0.3) is 0 Å². The van der Waals surface area contributed by atoms with Crippen LogP contribution in [0.2, 0.25) is 0 Å². The second-order valence-corrected chi connectivity index (χ2v) is 15.6. The molecule has 0 heterocycles. The van der Waals surface area contributed by atoms with E-state index in [2.05, 4.69) is 37.7 Å².